The van der Waals surface area contributed by atoms with Gasteiger partial charge in [0.05, 0.1) is 6.54 Å². The van der Waals surface area contributed by atoms with Crippen LogP contribution in [0.3, 0.4) is 0 Å². The third-order valence-corrected chi connectivity index (χ3v) is 3.52. The maximum Gasteiger partial charge on any atom is 0.177 e. The van der Waals surface area contributed by atoms with Gasteiger partial charge in [-0.15, -0.1) is 0 Å². The van der Waals surface area contributed by atoms with Gasteiger partial charge in [0.2, 0.25) is 0 Å². The zero-order valence-corrected chi connectivity index (χ0v) is 12.8. The van der Waals surface area contributed by atoms with Crippen molar-refractivity contribution < 1.29 is 4.79 Å². The Labute approximate surface area is 117 Å². The van der Waals surface area contributed by atoms with E-state index in [1.807, 2.05) is 27.1 Å². The van der Waals surface area contributed by atoms with E-state index in [4.69, 9.17) is 0 Å². The van der Waals surface area contributed by atoms with Crippen LogP contribution >= 0.6 is 0 Å². The largest absolute Gasteiger partial charge is 0.320 e. The first-order valence-corrected chi connectivity index (χ1v) is 6.90. The lowest BCUT2D eigenvalue weighted by molar-refractivity contribution is 0.0945. The van der Waals surface area contributed by atoms with Gasteiger partial charge in [-0.3, -0.25) is 9.69 Å². The Kier molecular flexibility index (Phi) is 6.19. The first-order chi connectivity index (χ1) is 8.95. The third-order valence-electron chi connectivity index (χ3n) is 3.52. The summed E-state index contributed by atoms with van der Waals surface area (Å²) in [4.78, 5) is 14.4. The Balaban J connectivity index is 2.65. The second kappa shape index (κ2) is 7.41. The fourth-order valence-corrected chi connectivity index (χ4v) is 2.20. The molecule has 0 aromatic heterocycles. The lowest BCUT2D eigenvalue weighted by atomic mass is 9.98. The van der Waals surface area contributed by atoms with Crippen LogP contribution < -0.4 is 5.32 Å². The minimum atomic E-state index is 0.215. The highest BCUT2D eigenvalue weighted by Crippen LogP contribution is 2.16. The Morgan fingerprint density at radius 1 is 1.16 bits per heavy atom. The van der Waals surface area contributed by atoms with Gasteiger partial charge in [-0.25, -0.2) is 0 Å². The van der Waals surface area contributed by atoms with E-state index in [0.29, 0.717) is 6.54 Å². The van der Waals surface area contributed by atoms with Crippen molar-refractivity contribution in [1.82, 2.24) is 10.2 Å². The van der Waals surface area contributed by atoms with Crippen LogP contribution in [0.2, 0.25) is 0 Å². The molecule has 1 aromatic rings. The van der Waals surface area contributed by atoms with Crippen molar-refractivity contribution in [2.45, 2.75) is 27.2 Å². The van der Waals surface area contributed by atoms with Crippen LogP contribution in [0.4, 0.5) is 0 Å². The molecule has 1 aromatic carbocycles. The molecule has 0 aliphatic carbocycles. The Morgan fingerprint density at radius 2 is 1.79 bits per heavy atom. The van der Waals surface area contributed by atoms with Crippen molar-refractivity contribution in [2.24, 2.45) is 0 Å². The molecule has 1 rings (SSSR count). The fourth-order valence-electron chi connectivity index (χ4n) is 2.20. The van der Waals surface area contributed by atoms with Crippen LogP contribution in [0.15, 0.2) is 12.1 Å². The number of benzene rings is 1. The van der Waals surface area contributed by atoms with Crippen molar-refractivity contribution in [2.75, 3.05) is 33.7 Å². The second-order valence-electron chi connectivity index (χ2n) is 5.37. The van der Waals surface area contributed by atoms with Crippen molar-refractivity contribution in [1.29, 1.82) is 0 Å². The number of carbonyl (C=O) groups is 1. The quantitative estimate of drug-likeness (QED) is 0.604. The molecule has 0 amide bonds. The minimum absolute atomic E-state index is 0.215. The van der Waals surface area contributed by atoms with Gasteiger partial charge in [-0.1, -0.05) is 6.07 Å². The molecule has 3 nitrogen and oxygen atoms in total. The smallest absolute Gasteiger partial charge is 0.177 e. The summed E-state index contributed by atoms with van der Waals surface area (Å²) in [7, 11) is 3.95. The molecule has 0 bridgehead atoms. The molecule has 0 atom stereocenters. The molecule has 0 aliphatic heterocycles. The highest BCUT2D eigenvalue weighted by atomic mass is 16.1. The lowest BCUT2D eigenvalue weighted by Crippen LogP contribution is -2.29. The average Bonchev–Trinajstić information content (AvgIpc) is 2.34. The lowest BCUT2D eigenvalue weighted by Gasteiger charge is -2.17. The summed E-state index contributed by atoms with van der Waals surface area (Å²) < 4.78 is 0. The molecule has 19 heavy (non-hydrogen) atoms. The van der Waals surface area contributed by atoms with Gasteiger partial charge in [0.25, 0.3) is 0 Å². The zero-order chi connectivity index (χ0) is 14.4. The van der Waals surface area contributed by atoms with Gasteiger partial charge < -0.3 is 5.32 Å². The number of Topliss-reactive ketones (excluding diaryl/α,β-unsaturated/α-hetero) is 1. The van der Waals surface area contributed by atoms with Crippen molar-refractivity contribution in [3.8, 4) is 0 Å². The van der Waals surface area contributed by atoms with Crippen molar-refractivity contribution in [3.05, 3.63) is 34.4 Å². The molecule has 1 N–H and O–H groups in total. The Morgan fingerprint density at radius 3 is 2.42 bits per heavy atom. The van der Waals surface area contributed by atoms with E-state index in [1.54, 1.807) is 0 Å². The van der Waals surface area contributed by atoms with E-state index in [1.165, 1.54) is 11.1 Å². The SMILES string of the molecule is CNCCCN(C)CC(=O)c1cc(C)c(C)cc1C. The number of hydrogen-bond donors (Lipinski definition) is 1. The van der Waals surface area contributed by atoms with Crippen molar-refractivity contribution in [3.63, 3.8) is 0 Å². The zero-order valence-electron chi connectivity index (χ0n) is 12.8. The third kappa shape index (κ3) is 4.77. The monoisotopic (exact) mass is 262 g/mol. The first kappa shape index (κ1) is 15.9. The van der Waals surface area contributed by atoms with E-state index in [-0.39, 0.29) is 5.78 Å². The van der Waals surface area contributed by atoms with Crippen LogP contribution in [0.1, 0.15) is 33.5 Å². The summed E-state index contributed by atoms with van der Waals surface area (Å²) in [6, 6.07) is 4.12. The number of hydrogen-bond acceptors (Lipinski definition) is 3. The second-order valence-corrected chi connectivity index (χ2v) is 5.37. The van der Waals surface area contributed by atoms with Crippen LogP contribution in [0.25, 0.3) is 0 Å². The van der Waals surface area contributed by atoms with E-state index < -0.39 is 0 Å². The highest BCUT2D eigenvalue weighted by Gasteiger charge is 2.12. The predicted octanol–water partition coefficient (Wildman–Crippen LogP) is 2.34. The molecule has 106 valence electrons. The maximum absolute atomic E-state index is 12.3. The van der Waals surface area contributed by atoms with Crippen molar-refractivity contribution >= 4 is 5.78 Å². The summed E-state index contributed by atoms with van der Waals surface area (Å²) >= 11 is 0. The number of nitrogens with zero attached hydrogens (tertiary/aromatic N) is 1. The van der Waals surface area contributed by atoms with Gasteiger partial charge in [-0.2, -0.15) is 0 Å². The molecule has 3 heteroatoms. The van der Waals surface area contributed by atoms with Gasteiger partial charge >= 0.3 is 0 Å². The first-order valence-electron chi connectivity index (χ1n) is 6.90. The normalized spacial score (nSPS) is 11.1. The van der Waals surface area contributed by atoms with E-state index in [9.17, 15) is 4.79 Å². The minimum Gasteiger partial charge on any atom is -0.320 e. The van der Waals surface area contributed by atoms with Crippen LogP contribution in [-0.2, 0) is 0 Å². The number of likely N-dealkylation sites (N-methyl/N-ethyl adjacent to an activating group) is 1. The average molecular weight is 262 g/mol. The molecular weight excluding hydrogens is 236 g/mol. The van der Waals surface area contributed by atoms with E-state index in [0.717, 1.165) is 30.6 Å². The topological polar surface area (TPSA) is 32.3 Å². The summed E-state index contributed by atoms with van der Waals surface area (Å²) in [6.07, 6.45) is 1.06. The van der Waals surface area contributed by atoms with Crippen LogP contribution in [0, 0.1) is 20.8 Å². The number of carbonyl (C=O) groups excluding carboxylic acids is 1. The molecule has 0 heterocycles. The molecule has 0 radical (unpaired) electrons. The molecular formula is C16H26N2O. The summed E-state index contributed by atoms with van der Waals surface area (Å²) in [6.45, 7) is 8.58. The van der Waals surface area contributed by atoms with Gasteiger partial charge in [0.1, 0.15) is 0 Å². The van der Waals surface area contributed by atoms with Gasteiger partial charge in [0.15, 0.2) is 5.78 Å². The number of ketones is 1. The predicted molar refractivity (Wildman–Crippen MR) is 81.0 cm³/mol. The summed E-state index contributed by atoms with van der Waals surface area (Å²) in [5.74, 6) is 0.215. The molecule has 0 fully saturated rings. The van der Waals surface area contributed by atoms with E-state index >= 15 is 0 Å². The van der Waals surface area contributed by atoms with Crippen LogP contribution in [0.5, 0.6) is 0 Å². The van der Waals surface area contributed by atoms with Crippen LogP contribution in [-0.4, -0.2) is 44.4 Å². The molecule has 0 unspecified atom stereocenters. The van der Waals surface area contributed by atoms with E-state index in [2.05, 4.69) is 30.1 Å². The molecule has 0 saturated heterocycles. The Hall–Kier alpha value is -1.19. The number of nitrogens with one attached hydrogen (secondary N) is 1. The Bertz CT molecular complexity index is 441. The number of rotatable bonds is 7. The molecule has 0 saturated carbocycles. The highest BCUT2D eigenvalue weighted by molar-refractivity contribution is 5.99. The van der Waals surface area contributed by atoms with Gasteiger partial charge in [0, 0.05) is 5.56 Å². The van der Waals surface area contributed by atoms with Gasteiger partial charge in [-0.05, 0) is 77.1 Å². The molecule has 0 spiro atoms. The maximum atomic E-state index is 12.3. The fraction of sp³-hybridized carbons (Fsp3) is 0.562. The summed E-state index contributed by atoms with van der Waals surface area (Å²) in [5.41, 5.74) is 4.38. The molecule has 0 aliphatic rings. The number of aryl methyl sites for hydroxylation is 3. The summed E-state index contributed by atoms with van der Waals surface area (Å²) in [5, 5.41) is 3.12. The standard InChI is InChI=1S/C16H26N2O/c1-12-9-14(3)15(10-13(12)2)16(19)11-18(5)8-6-7-17-4/h9-10,17H,6-8,11H2,1-5H3.